The van der Waals surface area contributed by atoms with Gasteiger partial charge in [-0.2, -0.15) is 0 Å². The number of carbonyl (C=O) groups is 1. The first kappa shape index (κ1) is 10.8. The van der Waals surface area contributed by atoms with E-state index in [0.29, 0.717) is 19.7 Å². The molecule has 0 radical (unpaired) electrons. The SMILES string of the molecule is O=C(OCC1(C#CBr)CC1)N1CC(O)C1. The van der Waals surface area contributed by atoms with Crippen molar-refractivity contribution in [2.45, 2.75) is 18.9 Å². The molecular weight excluding hydrogens is 262 g/mol. The van der Waals surface area contributed by atoms with Crippen molar-refractivity contribution in [2.75, 3.05) is 19.7 Å². The van der Waals surface area contributed by atoms with Crippen LogP contribution in [0.25, 0.3) is 0 Å². The first-order valence-electron chi connectivity index (χ1n) is 4.88. The molecule has 0 aromatic rings. The van der Waals surface area contributed by atoms with Gasteiger partial charge in [-0.3, -0.25) is 0 Å². The highest BCUT2D eigenvalue weighted by Crippen LogP contribution is 2.45. The molecule has 4 nitrogen and oxygen atoms in total. The number of nitrogens with zero attached hydrogens (tertiary/aromatic N) is 1. The Kier molecular flexibility index (Phi) is 2.89. The van der Waals surface area contributed by atoms with Crippen molar-refractivity contribution in [3.8, 4) is 10.8 Å². The normalized spacial score (nSPS) is 22.4. The van der Waals surface area contributed by atoms with Gasteiger partial charge >= 0.3 is 6.09 Å². The molecule has 1 heterocycles. The van der Waals surface area contributed by atoms with Crippen LogP contribution in [0, 0.1) is 16.2 Å². The lowest BCUT2D eigenvalue weighted by atomic mass is 10.1. The van der Waals surface area contributed by atoms with Gasteiger partial charge in [0.1, 0.15) is 6.61 Å². The van der Waals surface area contributed by atoms with Gasteiger partial charge in [0.2, 0.25) is 0 Å². The first-order chi connectivity index (χ1) is 7.15. The van der Waals surface area contributed by atoms with Crippen LogP contribution in [0.2, 0.25) is 0 Å². The predicted octanol–water partition coefficient (Wildman–Crippen LogP) is 0.935. The Labute approximate surface area is 96.7 Å². The van der Waals surface area contributed by atoms with Crippen LogP contribution in [-0.2, 0) is 4.74 Å². The van der Waals surface area contributed by atoms with E-state index < -0.39 is 0 Å². The van der Waals surface area contributed by atoms with Crippen LogP contribution in [0.4, 0.5) is 4.79 Å². The number of hydrogen-bond donors (Lipinski definition) is 1. The molecule has 5 heteroatoms. The van der Waals surface area contributed by atoms with Crippen LogP contribution in [0.15, 0.2) is 0 Å². The van der Waals surface area contributed by atoms with Crippen molar-refractivity contribution in [3.05, 3.63) is 0 Å². The molecule has 82 valence electrons. The minimum atomic E-state index is -0.380. The van der Waals surface area contributed by atoms with Crippen molar-refractivity contribution in [3.63, 3.8) is 0 Å². The predicted molar refractivity (Wildman–Crippen MR) is 57.3 cm³/mol. The fourth-order valence-corrected chi connectivity index (χ4v) is 1.87. The Bertz CT molecular complexity index is 323. The molecule has 0 bridgehead atoms. The number of aliphatic hydroxyl groups excluding tert-OH is 1. The van der Waals surface area contributed by atoms with E-state index in [2.05, 4.69) is 26.7 Å². The average molecular weight is 274 g/mol. The zero-order valence-electron chi connectivity index (χ0n) is 8.20. The molecule has 2 fully saturated rings. The van der Waals surface area contributed by atoms with E-state index in [-0.39, 0.29) is 17.6 Å². The van der Waals surface area contributed by atoms with Gasteiger partial charge in [0.25, 0.3) is 0 Å². The molecular formula is C10H12BrNO3. The van der Waals surface area contributed by atoms with E-state index in [1.807, 2.05) is 0 Å². The summed E-state index contributed by atoms with van der Waals surface area (Å²) in [5, 5.41) is 9.01. The molecule has 1 saturated heterocycles. The van der Waals surface area contributed by atoms with Gasteiger partial charge < -0.3 is 14.7 Å². The summed E-state index contributed by atoms with van der Waals surface area (Å²) in [5.74, 6) is 2.99. The minimum Gasteiger partial charge on any atom is -0.448 e. The van der Waals surface area contributed by atoms with E-state index in [0.717, 1.165) is 12.8 Å². The highest BCUT2D eigenvalue weighted by molar-refractivity contribution is 9.12. The summed E-state index contributed by atoms with van der Waals surface area (Å²) in [4.78, 5) is 15.5. The molecule has 0 atom stereocenters. The van der Waals surface area contributed by atoms with Gasteiger partial charge in [0.15, 0.2) is 0 Å². The zero-order valence-corrected chi connectivity index (χ0v) is 9.79. The number of amides is 1. The number of carbonyl (C=O) groups excluding carboxylic acids is 1. The number of halogens is 1. The number of β-amino-alcohol motifs (C(OH)–C–C–N with tert-alkyl or cyclic N) is 1. The van der Waals surface area contributed by atoms with Crippen LogP contribution >= 0.6 is 15.9 Å². The largest absolute Gasteiger partial charge is 0.448 e. The highest BCUT2D eigenvalue weighted by Gasteiger charge is 2.43. The highest BCUT2D eigenvalue weighted by atomic mass is 79.9. The molecule has 0 aromatic carbocycles. The molecule has 0 aromatic heterocycles. The quantitative estimate of drug-likeness (QED) is 0.762. The van der Waals surface area contributed by atoms with E-state index in [1.165, 1.54) is 4.90 Å². The fraction of sp³-hybridized carbons (Fsp3) is 0.700. The molecule has 2 aliphatic rings. The van der Waals surface area contributed by atoms with E-state index in [4.69, 9.17) is 9.84 Å². The molecule has 1 amide bonds. The van der Waals surface area contributed by atoms with Crippen LogP contribution in [-0.4, -0.2) is 41.9 Å². The van der Waals surface area contributed by atoms with E-state index >= 15 is 0 Å². The maximum Gasteiger partial charge on any atom is 0.409 e. The van der Waals surface area contributed by atoms with Gasteiger partial charge in [0.05, 0.1) is 24.6 Å². The van der Waals surface area contributed by atoms with Crippen molar-refractivity contribution in [2.24, 2.45) is 5.41 Å². The van der Waals surface area contributed by atoms with Crippen LogP contribution in [0.1, 0.15) is 12.8 Å². The van der Waals surface area contributed by atoms with Gasteiger partial charge in [-0.15, -0.1) is 0 Å². The fourth-order valence-electron chi connectivity index (χ4n) is 1.45. The summed E-state index contributed by atoms with van der Waals surface area (Å²) in [6, 6.07) is 0. The molecule has 1 aliphatic carbocycles. The Balaban J connectivity index is 1.73. The molecule has 1 N–H and O–H groups in total. The maximum atomic E-state index is 11.4. The number of aliphatic hydroxyl groups is 1. The van der Waals surface area contributed by atoms with Crippen molar-refractivity contribution in [1.29, 1.82) is 0 Å². The van der Waals surface area contributed by atoms with Crippen molar-refractivity contribution >= 4 is 22.0 Å². The van der Waals surface area contributed by atoms with Crippen molar-refractivity contribution in [1.82, 2.24) is 4.90 Å². The molecule has 15 heavy (non-hydrogen) atoms. The van der Waals surface area contributed by atoms with Gasteiger partial charge in [-0.05, 0) is 17.7 Å². The number of ether oxygens (including phenoxy) is 1. The Morgan fingerprint density at radius 1 is 1.60 bits per heavy atom. The van der Waals surface area contributed by atoms with Gasteiger partial charge in [-0.25, -0.2) is 4.79 Å². The second-order valence-corrected chi connectivity index (χ2v) is 4.51. The topological polar surface area (TPSA) is 49.8 Å². The summed E-state index contributed by atoms with van der Waals surface area (Å²) < 4.78 is 5.13. The minimum absolute atomic E-state index is 0.108. The molecule has 0 spiro atoms. The van der Waals surface area contributed by atoms with Crippen LogP contribution in [0.5, 0.6) is 0 Å². The third-order valence-corrected chi connectivity index (χ3v) is 2.96. The molecule has 0 unspecified atom stereocenters. The van der Waals surface area contributed by atoms with Crippen LogP contribution < -0.4 is 0 Å². The van der Waals surface area contributed by atoms with E-state index in [1.54, 1.807) is 0 Å². The summed E-state index contributed by atoms with van der Waals surface area (Å²) in [6.07, 6.45) is 1.25. The lowest BCUT2D eigenvalue weighted by Crippen LogP contribution is -2.53. The number of likely N-dealkylation sites (tertiary alicyclic amines) is 1. The third kappa shape index (κ3) is 2.44. The zero-order chi connectivity index (χ0) is 10.9. The number of rotatable bonds is 2. The number of hydrogen-bond acceptors (Lipinski definition) is 3. The lowest BCUT2D eigenvalue weighted by Gasteiger charge is -2.34. The summed E-state index contributed by atoms with van der Waals surface area (Å²) in [6.45, 7) is 1.13. The monoisotopic (exact) mass is 273 g/mol. The van der Waals surface area contributed by atoms with Crippen molar-refractivity contribution < 1.29 is 14.6 Å². The Morgan fingerprint density at radius 3 is 2.73 bits per heavy atom. The van der Waals surface area contributed by atoms with Gasteiger partial charge in [-0.1, -0.05) is 5.92 Å². The molecule has 1 aliphatic heterocycles. The second-order valence-electron chi connectivity index (χ2n) is 4.11. The van der Waals surface area contributed by atoms with Crippen LogP contribution in [0.3, 0.4) is 0 Å². The maximum absolute atomic E-state index is 11.4. The second kappa shape index (κ2) is 4.03. The Hall–Kier alpha value is -0.730. The van der Waals surface area contributed by atoms with Gasteiger partial charge in [0, 0.05) is 15.9 Å². The third-order valence-electron chi connectivity index (χ3n) is 2.76. The summed E-state index contributed by atoms with van der Waals surface area (Å²) >= 11 is 3.05. The van der Waals surface area contributed by atoms with E-state index in [9.17, 15) is 4.79 Å². The average Bonchev–Trinajstić information content (AvgIpc) is 2.91. The summed E-state index contributed by atoms with van der Waals surface area (Å²) in [7, 11) is 0. The smallest absolute Gasteiger partial charge is 0.409 e. The lowest BCUT2D eigenvalue weighted by molar-refractivity contribution is -0.00477. The molecule has 2 rings (SSSR count). The first-order valence-corrected chi connectivity index (χ1v) is 5.67. The molecule has 1 saturated carbocycles. The summed E-state index contributed by atoms with van der Waals surface area (Å²) in [5.41, 5.74) is -0.108. The standard InChI is InChI=1S/C10H12BrNO3/c11-4-3-10(1-2-10)7-15-9(14)12-5-8(13)6-12/h8,13H,1-2,5-7H2. The Morgan fingerprint density at radius 2 is 2.27 bits per heavy atom.